The van der Waals surface area contributed by atoms with Crippen LogP contribution >= 0.6 is 0 Å². The summed E-state index contributed by atoms with van der Waals surface area (Å²) in [6, 6.07) is 8.95. The third-order valence-electron chi connectivity index (χ3n) is 5.90. The molecule has 0 N–H and O–H groups in total. The predicted octanol–water partition coefficient (Wildman–Crippen LogP) is 5.86. The molecule has 134 valence electrons. The van der Waals surface area contributed by atoms with Gasteiger partial charge in [-0.2, -0.15) is 0 Å². The summed E-state index contributed by atoms with van der Waals surface area (Å²) in [5, 5.41) is 1.62. The Kier molecular flexibility index (Phi) is 6.72. The van der Waals surface area contributed by atoms with E-state index in [0.717, 1.165) is 0 Å². The fraction of sp³-hybridized carbons (Fsp3) is 0.619. The summed E-state index contributed by atoms with van der Waals surface area (Å²) in [5.41, 5.74) is 5.56. The summed E-state index contributed by atoms with van der Waals surface area (Å²) in [7, 11) is -3.62. The van der Waals surface area contributed by atoms with Crippen molar-refractivity contribution in [2.45, 2.75) is 84.3 Å². The van der Waals surface area contributed by atoms with Gasteiger partial charge in [-0.3, -0.25) is 0 Å². The molecule has 0 bridgehead atoms. The molecule has 0 saturated carbocycles. The minimum absolute atomic E-state index is 0.244. The van der Waals surface area contributed by atoms with Gasteiger partial charge in [0.15, 0.2) is 16.4 Å². The SMILES string of the molecule is C#C[Si](c1ccc(CO[Si](C)(C)C(C)(C)C)cc1)(C(C)C)C(C)C. The number of terminal acetylenes is 1. The molecule has 1 nitrogen and oxygen atoms in total. The maximum Gasteiger partial charge on any atom is 0.192 e. The van der Waals surface area contributed by atoms with Gasteiger partial charge >= 0.3 is 0 Å². The van der Waals surface area contributed by atoms with Crippen molar-refractivity contribution in [2.24, 2.45) is 0 Å². The summed E-state index contributed by atoms with van der Waals surface area (Å²) in [6.45, 7) is 21.2. The van der Waals surface area contributed by atoms with Crippen molar-refractivity contribution >= 4 is 21.6 Å². The predicted molar refractivity (Wildman–Crippen MR) is 113 cm³/mol. The maximum absolute atomic E-state index is 6.34. The molecule has 0 radical (unpaired) electrons. The van der Waals surface area contributed by atoms with Gasteiger partial charge < -0.3 is 4.43 Å². The van der Waals surface area contributed by atoms with Gasteiger partial charge in [-0.25, -0.2) is 0 Å². The molecule has 1 aromatic rings. The number of benzene rings is 1. The highest BCUT2D eigenvalue weighted by atomic mass is 28.4. The summed E-state index contributed by atoms with van der Waals surface area (Å²) >= 11 is 0. The zero-order valence-electron chi connectivity index (χ0n) is 17.2. The summed E-state index contributed by atoms with van der Waals surface area (Å²) < 4.78 is 6.34. The van der Waals surface area contributed by atoms with Crippen LogP contribution in [0.2, 0.25) is 29.2 Å². The van der Waals surface area contributed by atoms with Crippen LogP contribution in [-0.4, -0.2) is 16.4 Å². The second-order valence-electron chi connectivity index (χ2n) is 9.07. The number of rotatable bonds is 6. The van der Waals surface area contributed by atoms with Crippen LogP contribution in [0.25, 0.3) is 0 Å². The first kappa shape index (κ1) is 21.2. The molecule has 0 amide bonds. The molecule has 0 aromatic heterocycles. The molecule has 0 aliphatic rings. The Balaban J connectivity index is 3.00. The van der Waals surface area contributed by atoms with Gasteiger partial charge in [-0.15, -0.1) is 12.0 Å². The van der Waals surface area contributed by atoms with Crippen LogP contribution in [0.4, 0.5) is 0 Å². The fourth-order valence-corrected chi connectivity index (χ4v) is 8.29. The summed E-state index contributed by atoms with van der Waals surface area (Å²) in [5.74, 6) is 0. The smallest absolute Gasteiger partial charge is 0.192 e. The minimum atomic E-state index is -1.92. The molecule has 0 heterocycles. The molecular weight excluding hydrogens is 324 g/mol. The Morgan fingerprint density at radius 2 is 1.46 bits per heavy atom. The molecule has 0 aliphatic heterocycles. The van der Waals surface area contributed by atoms with Crippen molar-refractivity contribution in [1.29, 1.82) is 0 Å². The average Bonchev–Trinajstić information content (AvgIpc) is 2.45. The van der Waals surface area contributed by atoms with Crippen LogP contribution in [0.15, 0.2) is 24.3 Å². The molecule has 1 aromatic carbocycles. The van der Waals surface area contributed by atoms with E-state index in [-0.39, 0.29) is 5.04 Å². The Morgan fingerprint density at radius 1 is 1.00 bits per heavy atom. The van der Waals surface area contributed by atoms with Crippen LogP contribution in [0.5, 0.6) is 0 Å². The second kappa shape index (κ2) is 7.60. The average molecular weight is 361 g/mol. The van der Waals surface area contributed by atoms with E-state index in [9.17, 15) is 0 Å². The topological polar surface area (TPSA) is 9.23 Å². The maximum atomic E-state index is 6.34. The molecule has 0 aliphatic carbocycles. The quantitative estimate of drug-likeness (QED) is 0.456. The molecule has 0 atom stereocenters. The van der Waals surface area contributed by atoms with Crippen molar-refractivity contribution in [3.63, 3.8) is 0 Å². The summed E-state index contributed by atoms with van der Waals surface area (Å²) in [4.78, 5) is 0. The first-order valence-corrected chi connectivity index (χ1v) is 14.2. The molecular formula is C21H36OSi2. The van der Waals surface area contributed by atoms with Gasteiger partial charge in [0.25, 0.3) is 0 Å². The fourth-order valence-electron chi connectivity index (χ4n) is 3.11. The van der Waals surface area contributed by atoms with Gasteiger partial charge in [-0.1, -0.05) is 72.7 Å². The number of hydrogen-bond acceptors (Lipinski definition) is 1. The zero-order valence-corrected chi connectivity index (χ0v) is 19.2. The Morgan fingerprint density at radius 3 is 1.79 bits per heavy atom. The Bertz CT molecular complexity index is 563. The lowest BCUT2D eigenvalue weighted by Gasteiger charge is -2.36. The van der Waals surface area contributed by atoms with E-state index < -0.39 is 16.4 Å². The largest absolute Gasteiger partial charge is 0.413 e. The molecule has 1 rings (SSSR count). The van der Waals surface area contributed by atoms with Gasteiger partial charge in [0.2, 0.25) is 0 Å². The van der Waals surface area contributed by atoms with Crippen LogP contribution in [-0.2, 0) is 11.0 Å². The van der Waals surface area contributed by atoms with Crippen molar-refractivity contribution in [1.82, 2.24) is 0 Å². The van der Waals surface area contributed by atoms with Crippen molar-refractivity contribution in [2.75, 3.05) is 0 Å². The van der Waals surface area contributed by atoms with E-state index >= 15 is 0 Å². The highest BCUT2D eigenvalue weighted by Crippen LogP contribution is 2.37. The Hall–Kier alpha value is -0.826. The minimum Gasteiger partial charge on any atom is -0.413 e. The van der Waals surface area contributed by atoms with E-state index in [2.05, 4.69) is 91.4 Å². The second-order valence-corrected chi connectivity index (χ2v) is 18.8. The van der Waals surface area contributed by atoms with Crippen molar-refractivity contribution < 1.29 is 4.43 Å². The van der Waals surface area contributed by atoms with E-state index in [0.29, 0.717) is 17.7 Å². The Labute approximate surface area is 152 Å². The lowest BCUT2D eigenvalue weighted by molar-refractivity contribution is 0.276. The third-order valence-corrected chi connectivity index (χ3v) is 15.8. The lowest BCUT2D eigenvalue weighted by atomic mass is 10.2. The molecule has 0 saturated heterocycles. The highest BCUT2D eigenvalue weighted by Gasteiger charge is 2.40. The van der Waals surface area contributed by atoms with Gasteiger partial charge in [0, 0.05) is 0 Å². The van der Waals surface area contributed by atoms with Gasteiger partial charge in [0.1, 0.15) is 0 Å². The van der Waals surface area contributed by atoms with Crippen molar-refractivity contribution in [3.05, 3.63) is 29.8 Å². The monoisotopic (exact) mass is 360 g/mol. The van der Waals surface area contributed by atoms with E-state index in [1.165, 1.54) is 10.8 Å². The molecule has 24 heavy (non-hydrogen) atoms. The van der Waals surface area contributed by atoms with Crippen LogP contribution < -0.4 is 5.19 Å². The van der Waals surface area contributed by atoms with Crippen LogP contribution in [0.3, 0.4) is 0 Å². The number of hydrogen-bond donors (Lipinski definition) is 0. The normalized spacial score (nSPS) is 13.4. The molecule has 0 fully saturated rings. The highest BCUT2D eigenvalue weighted by molar-refractivity contribution is 7.00. The van der Waals surface area contributed by atoms with Gasteiger partial charge in [-0.05, 0) is 40.0 Å². The molecule has 3 heteroatoms. The van der Waals surface area contributed by atoms with Crippen molar-refractivity contribution in [3.8, 4) is 12.0 Å². The van der Waals surface area contributed by atoms with Gasteiger partial charge in [0.05, 0.1) is 6.61 Å². The third kappa shape index (κ3) is 4.22. The van der Waals surface area contributed by atoms with Crippen LogP contribution in [0.1, 0.15) is 54.0 Å². The molecule has 0 unspecified atom stereocenters. The first-order valence-electron chi connectivity index (χ1n) is 9.09. The first-order chi connectivity index (χ1) is 10.9. The van der Waals surface area contributed by atoms with Crippen LogP contribution in [0, 0.1) is 12.0 Å². The zero-order chi connectivity index (χ0) is 18.8. The molecule has 0 spiro atoms. The standard InChI is InChI=1S/C21H36OSi2/c1-11-24(17(2)3,18(4)5)20-14-12-19(13-15-20)16-22-23(9,10)21(6,7)8/h1,12-15,17-18H,16H2,2-10H3. The lowest BCUT2D eigenvalue weighted by Crippen LogP contribution is -2.52. The van der Waals surface area contributed by atoms with E-state index in [4.69, 9.17) is 10.8 Å². The van der Waals surface area contributed by atoms with E-state index in [1.807, 2.05) is 0 Å². The van der Waals surface area contributed by atoms with E-state index in [1.54, 1.807) is 0 Å². The summed E-state index contributed by atoms with van der Waals surface area (Å²) in [6.07, 6.45) is 6.04.